The van der Waals surface area contributed by atoms with E-state index in [0.717, 1.165) is 37.4 Å². The second-order valence-electron chi connectivity index (χ2n) is 8.26. The third kappa shape index (κ3) is 2.72. The highest BCUT2D eigenvalue weighted by molar-refractivity contribution is 5.77. The van der Waals surface area contributed by atoms with E-state index in [-0.39, 0.29) is 18.6 Å². The SMILES string of the molecule is CN(CC12CC3CC(CC(C3)C1)C2)C(=O)COC1CNC1. The summed E-state index contributed by atoms with van der Waals surface area (Å²) in [6.07, 6.45) is 8.75. The van der Waals surface area contributed by atoms with Gasteiger partial charge in [-0.15, -0.1) is 0 Å². The lowest BCUT2D eigenvalue weighted by Crippen LogP contribution is -2.52. The van der Waals surface area contributed by atoms with Crippen LogP contribution in [-0.4, -0.2) is 50.2 Å². The molecule has 0 atom stereocenters. The van der Waals surface area contributed by atoms with Crippen molar-refractivity contribution in [3.63, 3.8) is 0 Å². The molecule has 1 aliphatic heterocycles. The van der Waals surface area contributed by atoms with E-state index in [2.05, 4.69) is 5.32 Å². The Balaban J connectivity index is 1.33. The van der Waals surface area contributed by atoms with E-state index >= 15 is 0 Å². The summed E-state index contributed by atoms with van der Waals surface area (Å²) in [5.41, 5.74) is 0.442. The predicted octanol–water partition coefficient (Wildman–Crippen LogP) is 1.65. The van der Waals surface area contributed by atoms with Crippen LogP contribution in [0.2, 0.25) is 0 Å². The molecule has 0 radical (unpaired) electrons. The molecule has 4 nitrogen and oxygen atoms in total. The van der Waals surface area contributed by atoms with Gasteiger partial charge in [0.2, 0.25) is 5.91 Å². The lowest BCUT2D eigenvalue weighted by Gasteiger charge is -2.57. The molecule has 0 spiro atoms. The number of likely N-dealkylation sites (N-methyl/N-ethyl adjacent to an activating group) is 1. The van der Waals surface area contributed by atoms with Crippen LogP contribution in [0.5, 0.6) is 0 Å². The van der Waals surface area contributed by atoms with Crippen LogP contribution >= 0.6 is 0 Å². The summed E-state index contributed by atoms with van der Waals surface area (Å²) in [7, 11) is 1.98. The van der Waals surface area contributed by atoms with Crippen molar-refractivity contribution >= 4 is 5.91 Å². The van der Waals surface area contributed by atoms with Crippen LogP contribution in [0.1, 0.15) is 38.5 Å². The number of nitrogens with one attached hydrogen (secondary N) is 1. The Labute approximate surface area is 127 Å². The number of carbonyl (C=O) groups is 1. The predicted molar refractivity (Wildman–Crippen MR) is 80.9 cm³/mol. The summed E-state index contributed by atoms with van der Waals surface area (Å²) in [4.78, 5) is 14.2. The van der Waals surface area contributed by atoms with Gasteiger partial charge in [-0.1, -0.05) is 0 Å². The largest absolute Gasteiger partial charge is 0.366 e. The quantitative estimate of drug-likeness (QED) is 0.838. The maximum Gasteiger partial charge on any atom is 0.248 e. The molecule has 4 bridgehead atoms. The maximum absolute atomic E-state index is 12.3. The second-order valence-corrected chi connectivity index (χ2v) is 8.26. The highest BCUT2D eigenvalue weighted by Crippen LogP contribution is 2.60. The molecule has 118 valence electrons. The number of rotatable bonds is 5. The monoisotopic (exact) mass is 292 g/mol. The number of hydrogen-bond donors (Lipinski definition) is 1. The van der Waals surface area contributed by atoms with E-state index in [0.29, 0.717) is 5.41 Å². The lowest BCUT2D eigenvalue weighted by molar-refractivity contribution is -0.143. The molecule has 0 aromatic carbocycles. The average molecular weight is 292 g/mol. The van der Waals surface area contributed by atoms with Gasteiger partial charge in [-0.05, 0) is 61.7 Å². The first-order valence-electron chi connectivity index (χ1n) is 8.68. The zero-order chi connectivity index (χ0) is 14.4. The summed E-state index contributed by atoms with van der Waals surface area (Å²) >= 11 is 0. The van der Waals surface area contributed by atoms with Gasteiger partial charge in [-0.25, -0.2) is 0 Å². The molecule has 4 saturated carbocycles. The zero-order valence-corrected chi connectivity index (χ0v) is 13.1. The lowest BCUT2D eigenvalue weighted by atomic mass is 9.49. The van der Waals surface area contributed by atoms with Crippen molar-refractivity contribution < 1.29 is 9.53 Å². The summed E-state index contributed by atoms with van der Waals surface area (Å²) in [5.74, 6) is 3.03. The van der Waals surface area contributed by atoms with E-state index in [1.807, 2.05) is 11.9 Å². The molecule has 0 unspecified atom stereocenters. The van der Waals surface area contributed by atoms with E-state index < -0.39 is 0 Å². The smallest absolute Gasteiger partial charge is 0.248 e. The number of hydrogen-bond acceptors (Lipinski definition) is 3. The van der Waals surface area contributed by atoms with Crippen molar-refractivity contribution in [2.75, 3.05) is 33.3 Å². The summed E-state index contributed by atoms with van der Waals surface area (Å²) < 4.78 is 5.63. The fourth-order valence-corrected chi connectivity index (χ4v) is 5.75. The summed E-state index contributed by atoms with van der Waals surface area (Å²) in [6.45, 7) is 3.01. The third-order valence-electron chi connectivity index (χ3n) is 6.35. The molecule has 5 rings (SSSR count). The van der Waals surface area contributed by atoms with Crippen molar-refractivity contribution in [1.29, 1.82) is 0 Å². The normalized spacial score (nSPS) is 41.1. The fraction of sp³-hybridized carbons (Fsp3) is 0.941. The van der Waals surface area contributed by atoms with Crippen molar-refractivity contribution in [3.8, 4) is 0 Å². The van der Waals surface area contributed by atoms with Gasteiger partial charge in [-0.3, -0.25) is 4.79 Å². The number of amides is 1. The first kappa shape index (κ1) is 14.0. The van der Waals surface area contributed by atoms with Crippen LogP contribution in [0.3, 0.4) is 0 Å². The molecule has 21 heavy (non-hydrogen) atoms. The van der Waals surface area contributed by atoms with Crippen molar-refractivity contribution in [2.24, 2.45) is 23.2 Å². The van der Waals surface area contributed by atoms with Gasteiger partial charge < -0.3 is 15.0 Å². The van der Waals surface area contributed by atoms with Gasteiger partial charge in [0.15, 0.2) is 0 Å². The molecule has 5 aliphatic rings. The third-order valence-corrected chi connectivity index (χ3v) is 6.35. The molecule has 1 N–H and O–H groups in total. The Morgan fingerprint density at radius 2 is 1.71 bits per heavy atom. The fourth-order valence-electron chi connectivity index (χ4n) is 5.75. The first-order chi connectivity index (χ1) is 10.1. The van der Waals surface area contributed by atoms with Crippen molar-refractivity contribution in [2.45, 2.75) is 44.6 Å². The Hall–Kier alpha value is -0.610. The van der Waals surface area contributed by atoms with Crippen LogP contribution in [0.4, 0.5) is 0 Å². The zero-order valence-electron chi connectivity index (χ0n) is 13.1. The molecule has 0 aromatic rings. The van der Waals surface area contributed by atoms with Crippen LogP contribution in [0.25, 0.3) is 0 Å². The number of carbonyl (C=O) groups excluding carboxylic acids is 1. The minimum atomic E-state index is 0.164. The standard InChI is InChI=1S/C17H28N2O2/c1-19(16(20)10-21-15-8-18-9-15)11-17-5-12-2-13(6-17)4-14(3-12)7-17/h12-15,18H,2-11H2,1H3. The van der Waals surface area contributed by atoms with E-state index in [1.54, 1.807) is 0 Å². The Morgan fingerprint density at radius 1 is 1.14 bits per heavy atom. The number of nitrogens with zero attached hydrogens (tertiary/aromatic N) is 1. The van der Waals surface area contributed by atoms with Crippen molar-refractivity contribution in [3.05, 3.63) is 0 Å². The minimum Gasteiger partial charge on any atom is -0.366 e. The van der Waals surface area contributed by atoms with Crippen LogP contribution < -0.4 is 5.32 Å². The Kier molecular flexibility index (Phi) is 3.49. The van der Waals surface area contributed by atoms with Crippen LogP contribution in [-0.2, 0) is 9.53 Å². The van der Waals surface area contributed by atoms with Gasteiger partial charge in [-0.2, -0.15) is 0 Å². The highest BCUT2D eigenvalue weighted by atomic mass is 16.5. The van der Waals surface area contributed by atoms with Gasteiger partial charge >= 0.3 is 0 Å². The van der Waals surface area contributed by atoms with E-state index in [4.69, 9.17) is 4.74 Å². The summed E-state index contributed by atoms with van der Waals surface area (Å²) in [6, 6.07) is 0. The molecule has 0 aromatic heterocycles. The number of ether oxygens (including phenoxy) is 1. The minimum absolute atomic E-state index is 0.164. The van der Waals surface area contributed by atoms with E-state index in [1.165, 1.54) is 38.5 Å². The molecular formula is C17H28N2O2. The maximum atomic E-state index is 12.3. The molecule has 5 fully saturated rings. The molecule has 4 heteroatoms. The molecule has 1 heterocycles. The molecule has 1 amide bonds. The first-order valence-corrected chi connectivity index (χ1v) is 8.68. The van der Waals surface area contributed by atoms with Gasteiger partial charge in [0, 0.05) is 26.7 Å². The molecular weight excluding hydrogens is 264 g/mol. The van der Waals surface area contributed by atoms with E-state index in [9.17, 15) is 4.79 Å². The Morgan fingerprint density at radius 3 is 2.19 bits per heavy atom. The van der Waals surface area contributed by atoms with Gasteiger partial charge in [0.25, 0.3) is 0 Å². The second kappa shape index (κ2) is 5.24. The molecule has 1 saturated heterocycles. The van der Waals surface area contributed by atoms with Gasteiger partial charge in [0.1, 0.15) is 6.61 Å². The van der Waals surface area contributed by atoms with Gasteiger partial charge in [0.05, 0.1) is 6.10 Å². The molecule has 4 aliphatic carbocycles. The van der Waals surface area contributed by atoms with Crippen molar-refractivity contribution in [1.82, 2.24) is 10.2 Å². The van der Waals surface area contributed by atoms with Crippen LogP contribution in [0, 0.1) is 23.2 Å². The topological polar surface area (TPSA) is 41.6 Å². The summed E-state index contributed by atoms with van der Waals surface area (Å²) in [5, 5.41) is 3.17. The average Bonchev–Trinajstić information content (AvgIpc) is 2.34. The van der Waals surface area contributed by atoms with Crippen LogP contribution in [0.15, 0.2) is 0 Å². The Bertz CT molecular complexity index is 384. The highest BCUT2D eigenvalue weighted by Gasteiger charge is 2.51.